The van der Waals surface area contributed by atoms with Gasteiger partial charge in [-0.2, -0.15) is 0 Å². The lowest BCUT2D eigenvalue weighted by Gasteiger charge is -2.22. The smallest absolute Gasteiger partial charge is 0.294 e. The van der Waals surface area contributed by atoms with E-state index in [1.807, 2.05) is 50.0 Å². The molecule has 5 aromatic rings. The molecule has 1 aliphatic heterocycles. The summed E-state index contributed by atoms with van der Waals surface area (Å²) in [5.74, 6) is 0.886. The molecule has 1 aliphatic rings. The third-order valence-corrected chi connectivity index (χ3v) is 7.60. The van der Waals surface area contributed by atoms with Crippen molar-refractivity contribution in [3.63, 3.8) is 0 Å². The molecule has 0 amide bonds. The normalized spacial score (nSPS) is 12.4. The fraction of sp³-hybridized carbons (Fsp3) is 0.323. The van der Waals surface area contributed by atoms with E-state index in [-0.39, 0.29) is 18.0 Å². The molecule has 0 bridgehead atoms. The van der Waals surface area contributed by atoms with Gasteiger partial charge in [-0.1, -0.05) is 25.6 Å². The number of aromatic nitrogens is 4. The first-order chi connectivity index (χ1) is 19.8. The summed E-state index contributed by atoms with van der Waals surface area (Å²) in [6.45, 7) is 4.22. The van der Waals surface area contributed by atoms with Crippen LogP contribution in [0.5, 0.6) is 0 Å². The van der Waals surface area contributed by atoms with Gasteiger partial charge >= 0.3 is 0 Å². The van der Waals surface area contributed by atoms with E-state index in [2.05, 4.69) is 38.1 Å². The number of benzene rings is 2. The van der Waals surface area contributed by atoms with Crippen molar-refractivity contribution in [3.8, 4) is 22.8 Å². The van der Waals surface area contributed by atoms with E-state index < -0.39 is 0 Å². The second kappa shape index (κ2) is 11.6. The zero-order valence-electron chi connectivity index (χ0n) is 23.6. The van der Waals surface area contributed by atoms with Crippen LogP contribution >= 0.6 is 0 Å². The van der Waals surface area contributed by atoms with E-state index in [1.165, 1.54) is 11.1 Å². The standard InChI is InChI=1S/C30H32N8O3.CH4/c1-19-17-24(36(4)15-14-35(2)3)25(38(39)40)18-23(19)34-30-32-11-10-22(33-30)26-21-9-5-7-20-8-6-13-37(27(20)21)28(26)29-31-12-16-41-29;/h5,7,9-12,16-18H,6,8,13-15H2,1-4H3,(H,32,33,34);1H4. The number of hydrogen-bond acceptors (Lipinski definition) is 9. The van der Waals surface area contributed by atoms with E-state index in [9.17, 15) is 10.1 Å². The zero-order valence-corrected chi connectivity index (χ0v) is 23.6. The van der Waals surface area contributed by atoms with Gasteiger partial charge in [0, 0.05) is 49.9 Å². The van der Waals surface area contributed by atoms with Crippen molar-refractivity contribution in [2.75, 3.05) is 44.4 Å². The van der Waals surface area contributed by atoms with Crippen molar-refractivity contribution < 1.29 is 9.34 Å². The van der Waals surface area contributed by atoms with Crippen LogP contribution in [0.1, 0.15) is 25.0 Å². The highest BCUT2D eigenvalue weighted by atomic mass is 16.6. The van der Waals surface area contributed by atoms with Gasteiger partial charge in [0.1, 0.15) is 17.6 Å². The molecular formula is C31H36N8O3. The molecule has 4 heterocycles. The van der Waals surface area contributed by atoms with Gasteiger partial charge in [0.2, 0.25) is 11.8 Å². The van der Waals surface area contributed by atoms with E-state index >= 15 is 0 Å². The third kappa shape index (κ3) is 5.18. The van der Waals surface area contributed by atoms with Crippen molar-refractivity contribution in [2.24, 2.45) is 0 Å². The van der Waals surface area contributed by atoms with Crippen LogP contribution in [0.15, 0.2) is 59.5 Å². The van der Waals surface area contributed by atoms with Crippen LogP contribution in [0, 0.1) is 17.0 Å². The average Bonchev–Trinajstić information content (AvgIpc) is 3.60. The predicted molar refractivity (Wildman–Crippen MR) is 166 cm³/mol. The van der Waals surface area contributed by atoms with Crippen LogP contribution < -0.4 is 10.2 Å². The predicted octanol–water partition coefficient (Wildman–Crippen LogP) is 6.29. The van der Waals surface area contributed by atoms with Crippen LogP contribution in [0.3, 0.4) is 0 Å². The molecule has 11 nitrogen and oxygen atoms in total. The Morgan fingerprint density at radius 2 is 1.95 bits per heavy atom. The monoisotopic (exact) mass is 568 g/mol. The molecule has 0 radical (unpaired) electrons. The number of hydrogen-bond donors (Lipinski definition) is 1. The van der Waals surface area contributed by atoms with Crippen molar-refractivity contribution >= 4 is 33.9 Å². The Kier molecular flexibility index (Phi) is 7.95. The van der Waals surface area contributed by atoms with Crippen molar-refractivity contribution in [1.29, 1.82) is 0 Å². The summed E-state index contributed by atoms with van der Waals surface area (Å²) in [6.07, 6.45) is 6.98. The molecule has 6 rings (SSSR count). The minimum Gasteiger partial charge on any atom is -0.443 e. The topological polar surface area (TPSA) is 118 Å². The first-order valence-electron chi connectivity index (χ1n) is 13.6. The lowest BCUT2D eigenvalue weighted by molar-refractivity contribution is -0.384. The van der Waals surface area contributed by atoms with E-state index in [0.29, 0.717) is 35.5 Å². The Balaban J connectivity index is 0.00000353. The van der Waals surface area contributed by atoms with Crippen LogP contribution in [-0.2, 0) is 13.0 Å². The van der Waals surface area contributed by atoms with Gasteiger partial charge in [-0.3, -0.25) is 10.1 Å². The number of rotatable bonds is 9. The van der Waals surface area contributed by atoms with Gasteiger partial charge in [0.25, 0.3) is 5.69 Å². The van der Waals surface area contributed by atoms with Gasteiger partial charge in [-0.25, -0.2) is 15.0 Å². The second-order valence-corrected chi connectivity index (χ2v) is 10.7. The molecule has 0 atom stereocenters. The number of nitrogens with zero attached hydrogens (tertiary/aromatic N) is 7. The molecule has 2 aromatic carbocycles. The van der Waals surface area contributed by atoms with E-state index in [4.69, 9.17) is 9.40 Å². The van der Waals surface area contributed by atoms with Gasteiger partial charge in [0.05, 0.1) is 28.0 Å². The Hall–Kier alpha value is -4.77. The highest BCUT2D eigenvalue weighted by Crippen LogP contribution is 2.43. The quantitative estimate of drug-likeness (QED) is 0.162. The summed E-state index contributed by atoms with van der Waals surface area (Å²) in [5, 5.41) is 16.4. The molecule has 0 spiro atoms. The van der Waals surface area contributed by atoms with Crippen molar-refractivity contribution in [1.82, 2.24) is 24.4 Å². The second-order valence-electron chi connectivity index (χ2n) is 10.7. The van der Waals surface area contributed by atoms with Gasteiger partial charge in [0.15, 0.2) is 0 Å². The summed E-state index contributed by atoms with van der Waals surface area (Å²) < 4.78 is 8.08. The van der Waals surface area contributed by atoms with Crippen molar-refractivity contribution in [2.45, 2.75) is 33.7 Å². The average molecular weight is 569 g/mol. The molecule has 0 saturated heterocycles. The highest BCUT2D eigenvalue weighted by Gasteiger charge is 2.27. The molecule has 0 saturated carbocycles. The molecule has 11 heteroatoms. The molecule has 3 aromatic heterocycles. The SMILES string of the molecule is C.Cc1cc(N(C)CCN(C)C)c([N+](=O)[O-])cc1Nc1nccc(-c2c(-c3ncco3)n3c4c(cccc24)CCC3)n1. The first kappa shape index (κ1) is 28.7. The Bertz CT molecular complexity index is 1740. The number of oxazole rings is 1. The largest absolute Gasteiger partial charge is 0.443 e. The number of nitro groups is 1. The van der Waals surface area contributed by atoms with Crippen LogP contribution in [0.25, 0.3) is 33.7 Å². The van der Waals surface area contributed by atoms with E-state index in [1.54, 1.807) is 24.7 Å². The lowest BCUT2D eigenvalue weighted by atomic mass is 10.0. The lowest BCUT2D eigenvalue weighted by Crippen LogP contribution is -2.29. The Morgan fingerprint density at radius 1 is 1.12 bits per heavy atom. The summed E-state index contributed by atoms with van der Waals surface area (Å²) in [7, 11) is 5.83. The highest BCUT2D eigenvalue weighted by molar-refractivity contribution is 6.04. The minimum atomic E-state index is -0.347. The number of nitro benzene ring substituents is 1. The summed E-state index contributed by atoms with van der Waals surface area (Å²) in [4.78, 5) is 29.5. The zero-order chi connectivity index (χ0) is 28.7. The van der Waals surface area contributed by atoms with E-state index in [0.717, 1.165) is 48.1 Å². The number of anilines is 3. The van der Waals surface area contributed by atoms with Crippen LogP contribution in [0.2, 0.25) is 0 Å². The Morgan fingerprint density at radius 3 is 2.69 bits per heavy atom. The molecule has 1 N–H and O–H groups in total. The molecule has 0 unspecified atom stereocenters. The van der Waals surface area contributed by atoms with Crippen LogP contribution in [0.4, 0.5) is 23.0 Å². The fourth-order valence-electron chi connectivity index (χ4n) is 5.58. The number of nitrogens with one attached hydrogen (secondary N) is 1. The maximum absolute atomic E-state index is 12.0. The number of para-hydroxylation sites is 1. The van der Waals surface area contributed by atoms with Gasteiger partial charge in [-0.15, -0.1) is 0 Å². The minimum absolute atomic E-state index is 0. The summed E-state index contributed by atoms with van der Waals surface area (Å²) >= 11 is 0. The first-order valence-corrected chi connectivity index (χ1v) is 13.6. The number of aryl methyl sites for hydroxylation is 3. The maximum Gasteiger partial charge on any atom is 0.294 e. The maximum atomic E-state index is 12.0. The molecule has 42 heavy (non-hydrogen) atoms. The molecule has 0 aliphatic carbocycles. The Labute approximate surface area is 245 Å². The fourth-order valence-corrected chi connectivity index (χ4v) is 5.58. The molecule has 218 valence electrons. The number of likely N-dealkylation sites (N-methyl/N-ethyl adjacent to an activating group) is 2. The van der Waals surface area contributed by atoms with Gasteiger partial charge in [-0.05, 0) is 57.1 Å². The molecule has 0 fully saturated rings. The summed E-state index contributed by atoms with van der Waals surface area (Å²) in [6, 6.07) is 11.6. The third-order valence-electron chi connectivity index (χ3n) is 7.60. The summed E-state index contributed by atoms with van der Waals surface area (Å²) in [5.41, 5.74) is 7.02. The molecular weight excluding hydrogens is 532 g/mol. The van der Waals surface area contributed by atoms with Crippen LogP contribution in [-0.4, -0.2) is 63.6 Å². The van der Waals surface area contributed by atoms with Crippen molar-refractivity contribution in [3.05, 3.63) is 76.3 Å². The van der Waals surface area contributed by atoms with Gasteiger partial charge < -0.3 is 24.1 Å².